The topological polar surface area (TPSA) is 32.3 Å². The summed E-state index contributed by atoms with van der Waals surface area (Å²) in [6.07, 6.45) is 3.61. The van der Waals surface area contributed by atoms with Gasteiger partial charge in [0.25, 0.3) is 0 Å². The second-order valence-electron chi connectivity index (χ2n) is 4.93. The van der Waals surface area contributed by atoms with Gasteiger partial charge in [0.1, 0.15) is 11.6 Å². The molecule has 0 N–H and O–H groups in total. The third kappa shape index (κ3) is 3.11. The van der Waals surface area contributed by atoms with Gasteiger partial charge in [0.2, 0.25) is 0 Å². The average molecular weight is 286 g/mol. The van der Waals surface area contributed by atoms with E-state index < -0.39 is 0 Å². The molecule has 104 valence electrons. The first kappa shape index (κ1) is 14.4. The SMILES string of the molecule is CN(C)c1ccc(C(=S)c2ccc(N(C)C)nc2)cn1. The molecule has 2 aromatic rings. The number of hydrogen-bond donors (Lipinski definition) is 0. The Balaban J connectivity index is 2.22. The standard InChI is InChI=1S/C15H18N4S/c1-18(2)13-7-5-11(9-16-13)15(20)12-6-8-14(17-10-12)19(3)4/h5-10H,1-4H3. The average Bonchev–Trinajstić information content (AvgIpc) is 2.46. The lowest BCUT2D eigenvalue weighted by atomic mass is 10.1. The molecule has 0 aliphatic rings. The fourth-order valence-electron chi connectivity index (χ4n) is 1.74. The lowest BCUT2D eigenvalue weighted by Crippen LogP contribution is -2.12. The van der Waals surface area contributed by atoms with Crippen LogP contribution < -0.4 is 9.80 Å². The largest absolute Gasteiger partial charge is 0.363 e. The molecule has 0 bridgehead atoms. The van der Waals surface area contributed by atoms with Crippen molar-refractivity contribution >= 4 is 28.7 Å². The van der Waals surface area contributed by atoms with Crippen molar-refractivity contribution in [1.82, 2.24) is 9.97 Å². The molecular weight excluding hydrogens is 268 g/mol. The summed E-state index contributed by atoms with van der Waals surface area (Å²) in [5.41, 5.74) is 1.87. The summed E-state index contributed by atoms with van der Waals surface area (Å²) in [7, 11) is 7.85. The molecule has 2 aromatic heterocycles. The maximum Gasteiger partial charge on any atom is 0.127 e. The number of hydrogen-bond acceptors (Lipinski definition) is 5. The summed E-state index contributed by atoms with van der Waals surface area (Å²) in [4.78, 5) is 13.4. The summed E-state index contributed by atoms with van der Waals surface area (Å²) in [5, 5.41) is 0. The van der Waals surface area contributed by atoms with E-state index in [9.17, 15) is 0 Å². The second-order valence-corrected chi connectivity index (χ2v) is 5.34. The van der Waals surface area contributed by atoms with Crippen molar-refractivity contribution in [3.05, 3.63) is 47.8 Å². The number of rotatable bonds is 4. The maximum absolute atomic E-state index is 5.50. The summed E-state index contributed by atoms with van der Waals surface area (Å²) < 4.78 is 0. The van der Waals surface area contributed by atoms with Crippen LogP contribution in [0.3, 0.4) is 0 Å². The van der Waals surface area contributed by atoms with Crippen LogP contribution in [0.4, 0.5) is 11.6 Å². The fraction of sp³-hybridized carbons (Fsp3) is 0.267. The van der Waals surface area contributed by atoms with Crippen LogP contribution in [0.5, 0.6) is 0 Å². The van der Waals surface area contributed by atoms with E-state index in [1.165, 1.54) is 0 Å². The van der Waals surface area contributed by atoms with Crippen molar-refractivity contribution in [2.45, 2.75) is 0 Å². The van der Waals surface area contributed by atoms with E-state index in [4.69, 9.17) is 12.2 Å². The van der Waals surface area contributed by atoms with Crippen molar-refractivity contribution in [3.8, 4) is 0 Å². The molecule has 5 heteroatoms. The minimum atomic E-state index is 0.764. The van der Waals surface area contributed by atoms with E-state index >= 15 is 0 Å². The van der Waals surface area contributed by atoms with Gasteiger partial charge in [-0.15, -0.1) is 0 Å². The highest BCUT2D eigenvalue weighted by molar-refractivity contribution is 7.81. The predicted octanol–water partition coefficient (Wildman–Crippen LogP) is 2.37. The van der Waals surface area contributed by atoms with Gasteiger partial charge in [-0.1, -0.05) is 12.2 Å². The minimum absolute atomic E-state index is 0.764. The predicted molar refractivity (Wildman–Crippen MR) is 87.9 cm³/mol. The van der Waals surface area contributed by atoms with Gasteiger partial charge in [-0.25, -0.2) is 9.97 Å². The van der Waals surface area contributed by atoms with E-state index in [1.54, 1.807) is 12.4 Å². The van der Waals surface area contributed by atoms with Gasteiger partial charge in [-0.05, 0) is 24.3 Å². The Kier molecular flexibility index (Phi) is 4.29. The minimum Gasteiger partial charge on any atom is -0.363 e. The Morgan fingerprint density at radius 1 is 0.800 bits per heavy atom. The molecule has 0 saturated carbocycles. The van der Waals surface area contributed by atoms with Gasteiger partial charge in [0.15, 0.2) is 0 Å². The van der Waals surface area contributed by atoms with E-state index in [2.05, 4.69) is 9.97 Å². The first-order chi connectivity index (χ1) is 9.49. The highest BCUT2D eigenvalue weighted by Crippen LogP contribution is 2.15. The van der Waals surface area contributed by atoms with E-state index in [0.29, 0.717) is 0 Å². The maximum atomic E-state index is 5.50. The molecule has 0 spiro atoms. The van der Waals surface area contributed by atoms with Crippen molar-refractivity contribution in [3.63, 3.8) is 0 Å². The lowest BCUT2D eigenvalue weighted by Gasteiger charge is -2.13. The zero-order valence-electron chi connectivity index (χ0n) is 12.2. The molecule has 0 radical (unpaired) electrons. The van der Waals surface area contributed by atoms with Crippen LogP contribution in [0, 0.1) is 0 Å². The Bertz CT molecular complexity index is 535. The third-order valence-corrected chi connectivity index (χ3v) is 3.41. The summed E-state index contributed by atoms with van der Waals surface area (Å²) in [6, 6.07) is 7.90. The normalized spacial score (nSPS) is 10.2. The summed E-state index contributed by atoms with van der Waals surface area (Å²) in [6.45, 7) is 0. The molecule has 2 rings (SSSR count). The van der Waals surface area contributed by atoms with Gasteiger partial charge >= 0.3 is 0 Å². The summed E-state index contributed by atoms with van der Waals surface area (Å²) >= 11 is 5.50. The lowest BCUT2D eigenvalue weighted by molar-refractivity contribution is 1.06. The monoisotopic (exact) mass is 286 g/mol. The zero-order chi connectivity index (χ0) is 14.7. The molecule has 4 nitrogen and oxygen atoms in total. The van der Waals surface area contributed by atoms with Crippen LogP contribution in [0.2, 0.25) is 0 Å². The number of thiocarbonyl (C=S) groups is 1. The van der Waals surface area contributed by atoms with Crippen molar-refractivity contribution in [2.24, 2.45) is 0 Å². The van der Waals surface area contributed by atoms with Crippen molar-refractivity contribution in [1.29, 1.82) is 0 Å². The van der Waals surface area contributed by atoms with Gasteiger partial charge in [0, 0.05) is 51.7 Å². The Morgan fingerprint density at radius 2 is 1.20 bits per heavy atom. The number of pyridine rings is 2. The van der Waals surface area contributed by atoms with Crippen LogP contribution >= 0.6 is 12.2 Å². The highest BCUT2D eigenvalue weighted by Gasteiger charge is 2.07. The zero-order valence-corrected chi connectivity index (χ0v) is 13.0. The first-order valence-corrected chi connectivity index (χ1v) is 6.71. The molecular formula is C15H18N4S. The van der Waals surface area contributed by atoms with Crippen LogP contribution in [-0.4, -0.2) is 43.0 Å². The van der Waals surface area contributed by atoms with E-state index in [-0.39, 0.29) is 0 Å². The molecule has 0 unspecified atom stereocenters. The van der Waals surface area contributed by atoms with Crippen LogP contribution in [0.25, 0.3) is 0 Å². The molecule has 0 saturated heterocycles. The molecule has 0 aromatic carbocycles. The Labute approximate surface area is 125 Å². The van der Waals surface area contributed by atoms with E-state index in [0.717, 1.165) is 27.6 Å². The molecule has 0 atom stereocenters. The third-order valence-electron chi connectivity index (χ3n) is 2.94. The number of nitrogens with zero attached hydrogens (tertiary/aromatic N) is 4. The van der Waals surface area contributed by atoms with E-state index in [1.807, 2.05) is 62.3 Å². The molecule has 2 heterocycles. The first-order valence-electron chi connectivity index (χ1n) is 6.30. The Hall–Kier alpha value is -2.01. The molecule has 0 aliphatic carbocycles. The van der Waals surface area contributed by atoms with Crippen LogP contribution in [0.1, 0.15) is 11.1 Å². The molecule has 20 heavy (non-hydrogen) atoms. The smallest absolute Gasteiger partial charge is 0.127 e. The Morgan fingerprint density at radius 3 is 1.45 bits per heavy atom. The van der Waals surface area contributed by atoms with Gasteiger partial charge in [-0.2, -0.15) is 0 Å². The van der Waals surface area contributed by atoms with Gasteiger partial charge in [-0.3, -0.25) is 0 Å². The number of aromatic nitrogens is 2. The van der Waals surface area contributed by atoms with Gasteiger partial charge in [0.05, 0.1) is 4.86 Å². The second kappa shape index (κ2) is 5.96. The summed E-state index contributed by atoms with van der Waals surface area (Å²) in [5.74, 6) is 1.83. The number of anilines is 2. The van der Waals surface area contributed by atoms with Crippen LogP contribution in [-0.2, 0) is 0 Å². The molecule has 0 amide bonds. The van der Waals surface area contributed by atoms with Crippen molar-refractivity contribution in [2.75, 3.05) is 38.0 Å². The highest BCUT2D eigenvalue weighted by atomic mass is 32.1. The molecule has 0 aliphatic heterocycles. The fourth-order valence-corrected chi connectivity index (χ4v) is 1.98. The van der Waals surface area contributed by atoms with Crippen LogP contribution in [0.15, 0.2) is 36.7 Å². The quantitative estimate of drug-likeness (QED) is 0.636. The molecule has 0 fully saturated rings. The van der Waals surface area contributed by atoms with Gasteiger partial charge < -0.3 is 9.80 Å². The van der Waals surface area contributed by atoms with Crippen molar-refractivity contribution < 1.29 is 0 Å².